The number of hydrogen-bond acceptors (Lipinski definition) is 5. The number of carbonyl (C=O) groups excluding carboxylic acids is 2. The van der Waals surface area contributed by atoms with Gasteiger partial charge < -0.3 is 15.0 Å². The summed E-state index contributed by atoms with van der Waals surface area (Å²) in [5, 5.41) is 3.62. The predicted octanol–water partition coefficient (Wildman–Crippen LogP) is 4.70. The number of ether oxygens (including phenoxy) is 1. The molecule has 2 aromatic carbocycles. The Hall–Kier alpha value is -2.93. The first-order valence-corrected chi connectivity index (χ1v) is 10.7. The van der Waals surface area contributed by atoms with E-state index in [4.69, 9.17) is 9.72 Å². The van der Waals surface area contributed by atoms with Crippen molar-refractivity contribution < 1.29 is 14.3 Å². The molecule has 1 fully saturated rings. The summed E-state index contributed by atoms with van der Waals surface area (Å²) in [4.78, 5) is 32.0. The first kappa shape index (κ1) is 20.3. The van der Waals surface area contributed by atoms with Gasteiger partial charge in [0.25, 0.3) is 5.91 Å². The van der Waals surface area contributed by atoms with Gasteiger partial charge in [-0.1, -0.05) is 24.3 Å². The molecule has 0 saturated carbocycles. The summed E-state index contributed by atoms with van der Waals surface area (Å²) in [5.41, 5.74) is 2.93. The number of aryl methyl sites for hydroxylation is 1. The third kappa shape index (κ3) is 4.46. The molecule has 30 heavy (non-hydrogen) atoms. The van der Waals surface area contributed by atoms with Gasteiger partial charge >= 0.3 is 5.97 Å². The van der Waals surface area contributed by atoms with Crippen molar-refractivity contribution in [2.24, 2.45) is 0 Å². The average molecular weight is 468 g/mol. The summed E-state index contributed by atoms with van der Waals surface area (Å²) in [5.74, 6) is -0.324. The maximum absolute atomic E-state index is 12.9. The van der Waals surface area contributed by atoms with E-state index in [1.807, 2.05) is 43.3 Å². The first-order chi connectivity index (χ1) is 14.5. The molecule has 0 aliphatic carbocycles. The van der Waals surface area contributed by atoms with Crippen LogP contribution in [0.3, 0.4) is 0 Å². The number of para-hydroxylation sites is 1. The van der Waals surface area contributed by atoms with Crippen LogP contribution in [0, 0.1) is 6.92 Å². The van der Waals surface area contributed by atoms with E-state index < -0.39 is 11.9 Å². The zero-order valence-corrected chi connectivity index (χ0v) is 18.2. The van der Waals surface area contributed by atoms with E-state index in [0.29, 0.717) is 17.1 Å². The van der Waals surface area contributed by atoms with Crippen LogP contribution >= 0.6 is 15.9 Å². The number of esters is 1. The van der Waals surface area contributed by atoms with Gasteiger partial charge in [-0.25, -0.2) is 9.78 Å². The molecular weight excluding hydrogens is 446 g/mol. The number of hydrogen-bond donors (Lipinski definition) is 1. The Morgan fingerprint density at radius 1 is 1.13 bits per heavy atom. The van der Waals surface area contributed by atoms with E-state index in [0.717, 1.165) is 46.9 Å². The third-order valence-corrected chi connectivity index (χ3v) is 5.72. The summed E-state index contributed by atoms with van der Waals surface area (Å²) in [6.45, 7) is 3.31. The minimum atomic E-state index is -0.548. The van der Waals surface area contributed by atoms with Crippen LogP contribution in [0.1, 0.15) is 28.8 Å². The van der Waals surface area contributed by atoms with Crippen LogP contribution in [0.15, 0.2) is 53.0 Å². The Morgan fingerprint density at radius 3 is 2.67 bits per heavy atom. The Morgan fingerprint density at radius 2 is 1.90 bits per heavy atom. The highest BCUT2D eigenvalue weighted by Gasteiger charge is 2.23. The van der Waals surface area contributed by atoms with Gasteiger partial charge in [-0.2, -0.15) is 0 Å². The number of benzene rings is 2. The van der Waals surface area contributed by atoms with Gasteiger partial charge in [-0.3, -0.25) is 4.79 Å². The molecule has 1 aromatic heterocycles. The molecule has 1 amide bonds. The van der Waals surface area contributed by atoms with Crippen molar-refractivity contribution in [2.45, 2.75) is 19.8 Å². The van der Waals surface area contributed by atoms with Gasteiger partial charge in [0.05, 0.1) is 11.2 Å². The lowest BCUT2D eigenvalue weighted by Gasteiger charge is -2.20. The van der Waals surface area contributed by atoms with Crippen LogP contribution in [0.5, 0.6) is 0 Å². The Bertz CT molecular complexity index is 1110. The average Bonchev–Trinajstić information content (AvgIpc) is 3.28. The van der Waals surface area contributed by atoms with Crippen molar-refractivity contribution in [1.82, 2.24) is 4.98 Å². The van der Waals surface area contributed by atoms with E-state index in [9.17, 15) is 9.59 Å². The van der Waals surface area contributed by atoms with Crippen molar-refractivity contribution in [3.05, 3.63) is 64.1 Å². The van der Waals surface area contributed by atoms with Gasteiger partial charge in [0.1, 0.15) is 11.4 Å². The molecule has 0 atom stereocenters. The van der Waals surface area contributed by atoms with Gasteiger partial charge in [0.2, 0.25) is 0 Å². The maximum Gasteiger partial charge on any atom is 0.342 e. The molecule has 1 aliphatic heterocycles. The fourth-order valence-electron chi connectivity index (χ4n) is 3.54. The van der Waals surface area contributed by atoms with Gasteiger partial charge in [0, 0.05) is 22.9 Å². The topological polar surface area (TPSA) is 71.5 Å². The quantitative estimate of drug-likeness (QED) is 0.550. The first-order valence-electron chi connectivity index (χ1n) is 9.89. The number of amides is 1. The highest BCUT2D eigenvalue weighted by atomic mass is 79.9. The van der Waals surface area contributed by atoms with Crippen LogP contribution in [-0.4, -0.2) is 36.6 Å². The molecule has 0 spiro atoms. The van der Waals surface area contributed by atoms with E-state index in [1.165, 1.54) is 0 Å². The number of fused-ring (bicyclic) bond motifs is 1. The third-order valence-electron chi connectivity index (χ3n) is 5.06. The smallest absolute Gasteiger partial charge is 0.342 e. The SMILES string of the molecule is Cc1ccc(NC(=O)COC(=O)c2cc3ccccc3nc2N2CCCC2)c(Br)c1. The second-order valence-corrected chi connectivity index (χ2v) is 8.21. The molecule has 6 nitrogen and oxygen atoms in total. The Balaban J connectivity index is 1.51. The van der Waals surface area contributed by atoms with Crippen molar-refractivity contribution >= 4 is 50.2 Å². The number of nitrogens with zero attached hydrogens (tertiary/aromatic N) is 2. The van der Waals surface area contributed by atoms with Gasteiger partial charge in [0.15, 0.2) is 6.61 Å². The molecule has 0 unspecified atom stereocenters. The highest BCUT2D eigenvalue weighted by molar-refractivity contribution is 9.10. The van der Waals surface area contributed by atoms with Crippen molar-refractivity contribution in [2.75, 3.05) is 29.9 Å². The standard InChI is InChI=1S/C23H22BrN3O3/c1-15-8-9-20(18(24)12-15)25-21(28)14-30-23(29)17-13-16-6-2-3-7-19(16)26-22(17)27-10-4-5-11-27/h2-3,6-9,12-13H,4-5,10-11,14H2,1H3,(H,25,28). The molecule has 4 rings (SSSR count). The molecule has 0 radical (unpaired) electrons. The van der Waals surface area contributed by atoms with Crippen LogP contribution in [0.2, 0.25) is 0 Å². The lowest BCUT2D eigenvalue weighted by Crippen LogP contribution is -2.25. The monoisotopic (exact) mass is 467 g/mol. The molecule has 2 heterocycles. The lowest BCUT2D eigenvalue weighted by molar-refractivity contribution is -0.119. The Kier molecular flexibility index (Phi) is 5.99. The molecule has 1 saturated heterocycles. The molecule has 0 bridgehead atoms. The minimum Gasteiger partial charge on any atom is -0.452 e. The second kappa shape index (κ2) is 8.83. The largest absolute Gasteiger partial charge is 0.452 e. The Labute approximate surface area is 183 Å². The van der Waals surface area contributed by atoms with Crippen LogP contribution in [0.25, 0.3) is 10.9 Å². The minimum absolute atomic E-state index is 0.370. The lowest BCUT2D eigenvalue weighted by atomic mass is 10.1. The molecule has 154 valence electrons. The van der Waals surface area contributed by atoms with Crippen molar-refractivity contribution in [3.8, 4) is 0 Å². The molecular formula is C23H22BrN3O3. The zero-order valence-electron chi connectivity index (χ0n) is 16.7. The number of halogens is 1. The summed E-state index contributed by atoms with van der Waals surface area (Å²) < 4.78 is 6.12. The number of anilines is 2. The number of rotatable bonds is 5. The fourth-order valence-corrected chi connectivity index (χ4v) is 4.13. The van der Waals surface area contributed by atoms with Crippen molar-refractivity contribution in [3.63, 3.8) is 0 Å². The number of aromatic nitrogens is 1. The van der Waals surface area contributed by atoms with E-state index in [-0.39, 0.29) is 6.61 Å². The summed E-state index contributed by atoms with van der Waals surface area (Å²) >= 11 is 3.43. The number of carbonyl (C=O) groups is 2. The molecule has 1 N–H and O–H groups in total. The molecule has 3 aromatic rings. The molecule has 1 aliphatic rings. The number of nitrogens with one attached hydrogen (secondary N) is 1. The fraction of sp³-hybridized carbons (Fsp3) is 0.261. The zero-order chi connectivity index (χ0) is 21.1. The molecule has 7 heteroatoms. The normalized spacial score (nSPS) is 13.5. The van der Waals surface area contributed by atoms with E-state index >= 15 is 0 Å². The van der Waals surface area contributed by atoms with E-state index in [2.05, 4.69) is 26.1 Å². The van der Waals surface area contributed by atoms with Gasteiger partial charge in [-0.05, 0) is 65.5 Å². The summed E-state index contributed by atoms with van der Waals surface area (Å²) in [6.07, 6.45) is 2.13. The highest BCUT2D eigenvalue weighted by Crippen LogP contribution is 2.27. The van der Waals surface area contributed by atoms with E-state index in [1.54, 1.807) is 12.1 Å². The maximum atomic E-state index is 12.9. The summed E-state index contributed by atoms with van der Waals surface area (Å²) in [7, 11) is 0. The van der Waals surface area contributed by atoms with Crippen molar-refractivity contribution in [1.29, 1.82) is 0 Å². The summed E-state index contributed by atoms with van der Waals surface area (Å²) in [6, 6.07) is 15.1. The number of pyridine rings is 1. The van der Waals surface area contributed by atoms with Crippen LogP contribution in [-0.2, 0) is 9.53 Å². The predicted molar refractivity (Wildman–Crippen MR) is 121 cm³/mol. The second-order valence-electron chi connectivity index (χ2n) is 7.35. The van der Waals surface area contributed by atoms with Crippen LogP contribution in [0.4, 0.5) is 11.5 Å². The van der Waals surface area contributed by atoms with Gasteiger partial charge in [-0.15, -0.1) is 0 Å². The van der Waals surface area contributed by atoms with Crippen LogP contribution < -0.4 is 10.2 Å².